The third-order valence-electron chi connectivity index (χ3n) is 6.40. The number of nitrogens with zero attached hydrogens (tertiary/aromatic N) is 2. The van der Waals surface area contributed by atoms with Crippen LogP contribution in [-0.4, -0.2) is 41.5 Å². The van der Waals surface area contributed by atoms with Gasteiger partial charge < -0.3 is 25.3 Å². The number of hydrogen-bond acceptors (Lipinski definition) is 4. The highest BCUT2D eigenvalue weighted by atomic mass is 16.5. The summed E-state index contributed by atoms with van der Waals surface area (Å²) in [4.78, 5) is 26.1. The Morgan fingerprint density at radius 1 is 1.03 bits per heavy atom. The van der Waals surface area contributed by atoms with Crippen LogP contribution >= 0.6 is 0 Å². The number of likely N-dealkylation sites (tertiary alicyclic amines) is 1. The van der Waals surface area contributed by atoms with E-state index in [1.54, 1.807) is 31.4 Å². The number of benzene rings is 2. The number of hydrogen-bond donors (Lipinski definition) is 2. The summed E-state index contributed by atoms with van der Waals surface area (Å²) in [6.07, 6.45) is 3.67. The fraction of sp³-hybridized carbons (Fsp3) is 0.250. The van der Waals surface area contributed by atoms with Gasteiger partial charge in [-0.15, -0.1) is 0 Å². The number of aromatic nitrogens is 1. The molecule has 7 nitrogen and oxygen atoms in total. The van der Waals surface area contributed by atoms with Gasteiger partial charge in [0, 0.05) is 42.2 Å². The van der Waals surface area contributed by atoms with Crippen molar-refractivity contribution in [3.8, 4) is 11.4 Å². The second-order valence-corrected chi connectivity index (χ2v) is 8.09. The van der Waals surface area contributed by atoms with Crippen molar-refractivity contribution in [1.29, 1.82) is 0 Å². The molecule has 0 unspecified atom stereocenters. The molecule has 5 rings (SSSR count). The summed E-state index contributed by atoms with van der Waals surface area (Å²) in [5, 5.41) is 3.76. The van der Waals surface area contributed by atoms with E-state index in [4.69, 9.17) is 10.5 Å². The van der Waals surface area contributed by atoms with E-state index >= 15 is 0 Å². The minimum Gasteiger partial charge on any atom is -0.497 e. The summed E-state index contributed by atoms with van der Waals surface area (Å²) in [6.45, 7) is 1.27. The van der Waals surface area contributed by atoms with Crippen LogP contribution < -0.4 is 15.8 Å². The van der Waals surface area contributed by atoms with Crippen LogP contribution in [0.4, 0.5) is 5.69 Å². The molecular formula is C24H24N4O3. The highest BCUT2D eigenvalue weighted by Crippen LogP contribution is 2.44. The quantitative estimate of drug-likeness (QED) is 0.686. The second-order valence-electron chi connectivity index (χ2n) is 8.09. The first-order valence-electron chi connectivity index (χ1n) is 10.3. The van der Waals surface area contributed by atoms with Crippen LogP contribution in [-0.2, 0) is 5.54 Å². The SMILES string of the molecule is COc1ccc2c(c1)NC1(CCN(C(=O)c3ccc(C(N)=O)cc3)CC1)c1cccn1-2. The first-order valence-corrected chi connectivity index (χ1v) is 10.3. The Labute approximate surface area is 180 Å². The number of primary amides is 1. The van der Waals surface area contributed by atoms with Gasteiger partial charge in [0.2, 0.25) is 5.91 Å². The molecule has 2 aromatic carbocycles. The van der Waals surface area contributed by atoms with Gasteiger partial charge in [-0.25, -0.2) is 0 Å². The molecule has 3 aromatic rings. The standard InChI is InChI=1S/C24H24N4O3/c1-31-18-8-9-20-19(15-18)26-24(21-3-2-12-28(20)21)10-13-27(14-11-24)23(30)17-6-4-16(5-7-17)22(25)29/h2-9,12,15,26H,10-11,13-14H2,1H3,(H2,25,29). The fourth-order valence-corrected chi connectivity index (χ4v) is 4.69. The van der Waals surface area contributed by atoms with Crippen LogP contribution in [0.1, 0.15) is 39.3 Å². The first-order chi connectivity index (χ1) is 15.0. The average molecular weight is 416 g/mol. The molecule has 1 aromatic heterocycles. The first kappa shape index (κ1) is 19.2. The molecule has 2 amide bonds. The Kier molecular flexibility index (Phi) is 4.46. The molecule has 2 aliphatic heterocycles. The maximum atomic E-state index is 13.0. The van der Waals surface area contributed by atoms with E-state index in [1.165, 1.54) is 5.69 Å². The summed E-state index contributed by atoms with van der Waals surface area (Å²) >= 11 is 0. The number of carbonyl (C=O) groups is 2. The highest BCUT2D eigenvalue weighted by Gasteiger charge is 2.42. The number of methoxy groups -OCH3 is 1. The van der Waals surface area contributed by atoms with Crippen molar-refractivity contribution >= 4 is 17.5 Å². The van der Waals surface area contributed by atoms with Crippen molar-refractivity contribution in [3.63, 3.8) is 0 Å². The number of amides is 2. The van der Waals surface area contributed by atoms with Crippen LogP contribution in [0.25, 0.3) is 5.69 Å². The van der Waals surface area contributed by atoms with E-state index in [9.17, 15) is 9.59 Å². The van der Waals surface area contributed by atoms with Gasteiger partial charge in [-0.3, -0.25) is 9.59 Å². The smallest absolute Gasteiger partial charge is 0.253 e. The molecule has 0 bridgehead atoms. The highest BCUT2D eigenvalue weighted by molar-refractivity contribution is 5.97. The number of piperidine rings is 1. The maximum absolute atomic E-state index is 13.0. The average Bonchev–Trinajstić information content (AvgIpc) is 3.30. The van der Waals surface area contributed by atoms with Crippen LogP contribution in [0.2, 0.25) is 0 Å². The molecule has 1 saturated heterocycles. The van der Waals surface area contributed by atoms with Gasteiger partial charge in [-0.1, -0.05) is 0 Å². The molecule has 0 saturated carbocycles. The van der Waals surface area contributed by atoms with E-state index in [2.05, 4.69) is 34.3 Å². The van der Waals surface area contributed by atoms with Gasteiger partial charge in [0.05, 0.1) is 24.0 Å². The van der Waals surface area contributed by atoms with E-state index in [-0.39, 0.29) is 11.4 Å². The lowest BCUT2D eigenvalue weighted by Gasteiger charge is -2.46. The number of ether oxygens (including phenoxy) is 1. The molecule has 158 valence electrons. The van der Waals surface area contributed by atoms with Gasteiger partial charge in [0.25, 0.3) is 5.91 Å². The number of fused-ring (bicyclic) bond motifs is 4. The Balaban J connectivity index is 1.38. The summed E-state index contributed by atoms with van der Waals surface area (Å²) in [6, 6.07) is 16.8. The summed E-state index contributed by atoms with van der Waals surface area (Å²) in [5.74, 6) is 0.283. The molecule has 31 heavy (non-hydrogen) atoms. The van der Waals surface area contributed by atoms with Crippen molar-refractivity contribution in [3.05, 3.63) is 77.6 Å². The number of nitrogens with one attached hydrogen (secondary N) is 1. The number of rotatable bonds is 3. The maximum Gasteiger partial charge on any atom is 0.253 e. The molecule has 7 heteroatoms. The molecule has 3 heterocycles. The van der Waals surface area contributed by atoms with Crippen molar-refractivity contribution in [1.82, 2.24) is 9.47 Å². The zero-order valence-electron chi connectivity index (χ0n) is 17.3. The normalized spacial score (nSPS) is 16.2. The zero-order valence-corrected chi connectivity index (χ0v) is 17.3. The minimum absolute atomic E-state index is 0.0286. The Morgan fingerprint density at radius 2 is 1.74 bits per heavy atom. The van der Waals surface area contributed by atoms with Crippen LogP contribution in [0, 0.1) is 0 Å². The van der Waals surface area contributed by atoms with Gasteiger partial charge in [0.15, 0.2) is 0 Å². The minimum atomic E-state index is -0.498. The van der Waals surface area contributed by atoms with E-state index < -0.39 is 5.91 Å². The Hall–Kier alpha value is -3.74. The van der Waals surface area contributed by atoms with E-state index in [0.717, 1.165) is 30.0 Å². The van der Waals surface area contributed by atoms with Crippen molar-refractivity contribution in [2.24, 2.45) is 5.73 Å². The molecular weight excluding hydrogens is 392 g/mol. The number of anilines is 1. The van der Waals surface area contributed by atoms with Crippen LogP contribution in [0.5, 0.6) is 5.75 Å². The predicted molar refractivity (Wildman–Crippen MR) is 118 cm³/mol. The number of nitrogens with two attached hydrogens (primary N) is 1. The molecule has 2 aliphatic rings. The van der Waals surface area contributed by atoms with E-state index in [1.807, 2.05) is 17.0 Å². The lowest BCUT2D eigenvalue weighted by atomic mass is 9.82. The van der Waals surface area contributed by atoms with Crippen molar-refractivity contribution in [2.75, 3.05) is 25.5 Å². The Bertz CT molecular complexity index is 1160. The largest absolute Gasteiger partial charge is 0.497 e. The zero-order chi connectivity index (χ0) is 21.6. The lowest BCUT2D eigenvalue weighted by Crippen LogP contribution is -2.51. The van der Waals surface area contributed by atoms with Gasteiger partial charge >= 0.3 is 0 Å². The molecule has 1 spiro atoms. The molecule has 3 N–H and O–H groups in total. The topological polar surface area (TPSA) is 89.6 Å². The van der Waals surface area contributed by atoms with Crippen LogP contribution in [0.3, 0.4) is 0 Å². The van der Waals surface area contributed by atoms with Gasteiger partial charge in [-0.2, -0.15) is 0 Å². The number of carbonyl (C=O) groups excluding carboxylic acids is 2. The molecule has 0 aliphatic carbocycles. The summed E-state index contributed by atoms with van der Waals surface area (Å²) < 4.78 is 7.64. The molecule has 0 radical (unpaired) electrons. The predicted octanol–water partition coefficient (Wildman–Crippen LogP) is 3.14. The Morgan fingerprint density at radius 3 is 2.42 bits per heavy atom. The summed E-state index contributed by atoms with van der Waals surface area (Å²) in [5.41, 5.74) is 9.36. The molecule has 0 atom stereocenters. The fourth-order valence-electron chi connectivity index (χ4n) is 4.69. The van der Waals surface area contributed by atoms with Gasteiger partial charge in [-0.05, 0) is 61.4 Å². The molecule has 1 fully saturated rings. The third-order valence-corrected chi connectivity index (χ3v) is 6.40. The van der Waals surface area contributed by atoms with Crippen LogP contribution in [0.15, 0.2) is 60.8 Å². The monoisotopic (exact) mass is 416 g/mol. The van der Waals surface area contributed by atoms with Gasteiger partial charge in [0.1, 0.15) is 5.75 Å². The lowest BCUT2D eigenvalue weighted by molar-refractivity contribution is 0.0676. The third kappa shape index (κ3) is 3.13. The van der Waals surface area contributed by atoms with Crippen molar-refractivity contribution < 1.29 is 14.3 Å². The van der Waals surface area contributed by atoms with E-state index in [0.29, 0.717) is 24.2 Å². The summed E-state index contributed by atoms with van der Waals surface area (Å²) in [7, 11) is 1.67. The van der Waals surface area contributed by atoms with Crippen molar-refractivity contribution in [2.45, 2.75) is 18.4 Å². The second kappa shape index (κ2) is 7.19.